The highest BCUT2D eigenvalue weighted by Gasteiger charge is 2.17. The monoisotopic (exact) mass is 399 g/mol. The second kappa shape index (κ2) is 8.81. The van der Waals surface area contributed by atoms with Gasteiger partial charge in [0.2, 0.25) is 0 Å². The van der Waals surface area contributed by atoms with Crippen molar-refractivity contribution in [1.29, 1.82) is 0 Å². The summed E-state index contributed by atoms with van der Waals surface area (Å²) >= 11 is 1.48. The number of ketones is 1. The Morgan fingerprint density at radius 3 is 2.41 bits per heavy atom. The molecule has 144 valence electrons. The van der Waals surface area contributed by atoms with Crippen molar-refractivity contribution in [2.45, 2.75) is 26.7 Å². The van der Waals surface area contributed by atoms with E-state index in [9.17, 15) is 27.6 Å². The summed E-state index contributed by atoms with van der Waals surface area (Å²) in [6, 6.07) is 3.24. The number of hydrogen-bond donors (Lipinski definition) is 1. The second-order valence-electron chi connectivity index (χ2n) is 5.68. The molecule has 0 unspecified atom stereocenters. The summed E-state index contributed by atoms with van der Waals surface area (Å²) < 4.78 is 44.1. The third-order valence-corrected chi connectivity index (χ3v) is 4.54. The molecule has 0 radical (unpaired) electrons. The summed E-state index contributed by atoms with van der Waals surface area (Å²) in [6.45, 7) is 2.93. The molecular weight excluding hydrogens is 383 g/mol. The Morgan fingerprint density at radius 1 is 1.07 bits per heavy atom. The lowest BCUT2D eigenvalue weighted by atomic mass is 10.1. The predicted octanol–water partition coefficient (Wildman–Crippen LogP) is 3.93. The van der Waals surface area contributed by atoms with Gasteiger partial charge in [-0.1, -0.05) is 0 Å². The summed E-state index contributed by atoms with van der Waals surface area (Å²) in [6.07, 6.45) is -0.296. The van der Waals surface area contributed by atoms with Crippen LogP contribution < -0.4 is 5.32 Å². The zero-order valence-corrected chi connectivity index (χ0v) is 15.3. The molecule has 0 spiro atoms. The topological polar surface area (TPSA) is 72.5 Å². The average Bonchev–Trinajstić information content (AvgIpc) is 2.96. The number of nitrogens with one attached hydrogen (secondary N) is 1. The predicted molar refractivity (Wildman–Crippen MR) is 93.3 cm³/mol. The number of ether oxygens (including phenoxy) is 1. The molecule has 0 bridgehead atoms. The minimum atomic E-state index is -1.72. The molecule has 27 heavy (non-hydrogen) atoms. The maximum Gasteiger partial charge on any atom is 0.306 e. The van der Waals surface area contributed by atoms with Crippen LogP contribution in [0.15, 0.2) is 18.2 Å². The molecule has 0 aliphatic heterocycles. The molecule has 1 N–H and O–H groups in total. The van der Waals surface area contributed by atoms with Crippen LogP contribution in [0.3, 0.4) is 0 Å². The number of carbonyl (C=O) groups is 3. The maximum absolute atomic E-state index is 13.5. The van der Waals surface area contributed by atoms with E-state index in [1.807, 2.05) is 19.2 Å². The van der Waals surface area contributed by atoms with Gasteiger partial charge in [-0.15, -0.1) is 11.3 Å². The number of aryl methyl sites for hydroxylation is 2. The van der Waals surface area contributed by atoms with Gasteiger partial charge in [-0.2, -0.15) is 0 Å². The van der Waals surface area contributed by atoms with Gasteiger partial charge in [-0.25, -0.2) is 13.2 Å². The van der Waals surface area contributed by atoms with E-state index in [4.69, 9.17) is 4.74 Å². The largest absolute Gasteiger partial charge is 0.456 e. The number of halogens is 3. The Bertz CT molecular complexity index is 895. The van der Waals surface area contributed by atoms with Crippen LogP contribution in [0.1, 0.15) is 33.0 Å². The van der Waals surface area contributed by atoms with E-state index in [1.54, 1.807) is 6.07 Å². The lowest BCUT2D eigenvalue weighted by Gasteiger charge is -2.08. The molecule has 1 amide bonds. The van der Waals surface area contributed by atoms with Gasteiger partial charge in [0.15, 0.2) is 29.8 Å². The van der Waals surface area contributed by atoms with Gasteiger partial charge in [0, 0.05) is 21.7 Å². The number of esters is 1. The lowest BCUT2D eigenvalue weighted by molar-refractivity contribution is -0.147. The summed E-state index contributed by atoms with van der Waals surface area (Å²) in [7, 11) is 0. The van der Waals surface area contributed by atoms with E-state index in [-0.39, 0.29) is 18.6 Å². The Morgan fingerprint density at radius 2 is 1.78 bits per heavy atom. The number of carbonyl (C=O) groups excluding carboxylic acids is 3. The summed E-state index contributed by atoms with van der Waals surface area (Å²) in [4.78, 5) is 37.2. The highest BCUT2D eigenvalue weighted by molar-refractivity contribution is 7.12. The fourth-order valence-corrected chi connectivity index (χ4v) is 3.23. The normalized spacial score (nSPS) is 10.6. The van der Waals surface area contributed by atoms with Gasteiger partial charge in [0.25, 0.3) is 5.91 Å². The smallest absolute Gasteiger partial charge is 0.306 e. The van der Waals surface area contributed by atoms with Crippen LogP contribution >= 0.6 is 11.3 Å². The van der Waals surface area contributed by atoms with E-state index in [2.05, 4.69) is 0 Å². The lowest BCUT2D eigenvalue weighted by Crippen LogP contribution is -2.22. The Labute approximate surface area is 157 Å². The molecule has 2 rings (SSSR count). The fourth-order valence-electron chi connectivity index (χ4n) is 2.28. The molecule has 0 fully saturated rings. The van der Waals surface area contributed by atoms with Crippen molar-refractivity contribution < 1.29 is 32.3 Å². The number of hydrogen-bond acceptors (Lipinski definition) is 5. The quantitative estimate of drug-likeness (QED) is 0.435. The van der Waals surface area contributed by atoms with Crippen LogP contribution in [-0.2, 0) is 14.3 Å². The highest BCUT2D eigenvalue weighted by atomic mass is 32.1. The summed E-state index contributed by atoms with van der Waals surface area (Å²) in [5, 5.41) is 1.97. The van der Waals surface area contributed by atoms with Gasteiger partial charge in [0.05, 0.1) is 12.1 Å². The van der Waals surface area contributed by atoms with Crippen LogP contribution in [0.25, 0.3) is 0 Å². The van der Waals surface area contributed by atoms with Gasteiger partial charge in [-0.3, -0.25) is 14.4 Å². The first kappa shape index (κ1) is 20.6. The van der Waals surface area contributed by atoms with Crippen molar-refractivity contribution in [3.63, 3.8) is 0 Å². The molecule has 0 atom stereocenters. The SMILES string of the molecule is Cc1cc(C(=O)CCC(=O)OCC(=O)Nc2ccc(F)c(F)c2F)c(C)s1. The molecule has 9 heteroatoms. The molecule has 2 aromatic rings. The van der Waals surface area contributed by atoms with Crippen LogP contribution in [-0.4, -0.2) is 24.3 Å². The third kappa shape index (κ3) is 5.40. The molecule has 0 aliphatic carbocycles. The molecule has 5 nitrogen and oxygen atoms in total. The van der Waals surface area contributed by atoms with Gasteiger partial charge in [0.1, 0.15) is 0 Å². The van der Waals surface area contributed by atoms with E-state index < -0.39 is 41.6 Å². The minimum absolute atomic E-state index is 0.0741. The average molecular weight is 399 g/mol. The molecule has 0 saturated heterocycles. The Balaban J connectivity index is 1.80. The number of Topliss-reactive ketones (excluding diaryl/α,β-unsaturated/α-hetero) is 1. The van der Waals surface area contributed by atoms with Crippen molar-refractivity contribution in [3.8, 4) is 0 Å². The summed E-state index contributed by atoms with van der Waals surface area (Å²) in [5.41, 5.74) is -0.0229. The molecule has 0 saturated carbocycles. The van der Waals surface area contributed by atoms with Crippen molar-refractivity contribution in [1.82, 2.24) is 0 Å². The number of thiophene rings is 1. The number of rotatable bonds is 7. The van der Waals surface area contributed by atoms with Crippen molar-refractivity contribution in [2.75, 3.05) is 11.9 Å². The highest BCUT2D eigenvalue weighted by Crippen LogP contribution is 2.22. The first-order valence-corrected chi connectivity index (χ1v) is 8.70. The maximum atomic E-state index is 13.5. The molecule has 1 heterocycles. The Hall–Kier alpha value is -2.68. The minimum Gasteiger partial charge on any atom is -0.456 e. The van der Waals surface area contributed by atoms with E-state index in [0.717, 1.165) is 15.8 Å². The Kier molecular flexibility index (Phi) is 6.73. The standard InChI is InChI=1S/C18H16F3NO4S/c1-9-7-11(10(2)27-9)14(23)5-6-16(25)26-8-15(24)22-13-4-3-12(19)17(20)18(13)21/h3-4,7H,5-6,8H2,1-2H3,(H,22,24). The zero-order chi connectivity index (χ0) is 20.1. The molecule has 1 aromatic heterocycles. The first-order chi connectivity index (χ1) is 12.7. The third-order valence-electron chi connectivity index (χ3n) is 3.57. The van der Waals surface area contributed by atoms with Crippen LogP contribution in [0.5, 0.6) is 0 Å². The van der Waals surface area contributed by atoms with E-state index in [0.29, 0.717) is 11.6 Å². The van der Waals surface area contributed by atoms with E-state index >= 15 is 0 Å². The molecular formula is C18H16F3NO4S. The fraction of sp³-hybridized carbons (Fsp3) is 0.278. The van der Waals surface area contributed by atoms with Gasteiger partial charge < -0.3 is 10.1 Å². The van der Waals surface area contributed by atoms with E-state index in [1.165, 1.54) is 11.3 Å². The van der Waals surface area contributed by atoms with Crippen molar-refractivity contribution >= 4 is 34.7 Å². The number of amides is 1. The van der Waals surface area contributed by atoms with Crippen molar-refractivity contribution in [2.24, 2.45) is 0 Å². The molecule has 0 aliphatic rings. The summed E-state index contributed by atoms with van der Waals surface area (Å²) in [5.74, 6) is -6.58. The molecule has 1 aromatic carbocycles. The van der Waals surface area contributed by atoms with Crippen LogP contribution in [0.4, 0.5) is 18.9 Å². The van der Waals surface area contributed by atoms with Crippen LogP contribution in [0.2, 0.25) is 0 Å². The van der Waals surface area contributed by atoms with Gasteiger partial charge >= 0.3 is 5.97 Å². The second-order valence-corrected chi connectivity index (χ2v) is 7.14. The van der Waals surface area contributed by atoms with Crippen LogP contribution in [0, 0.1) is 31.3 Å². The number of benzene rings is 1. The zero-order valence-electron chi connectivity index (χ0n) is 14.5. The van der Waals surface area contributed by atoms with Crippen molar-refractivity contribution in [3.05, 3.63) is 51.0 Å². The number of anilines is 1. The van der Waals surface area contributed by atoms with Gasteiger partial charge in [-0.05, 0) is 32.0 Å². The first-order valence-electron chi connectivity index (χ1n) is 7.88.